The lowest BCUT2D eigenvalue weighted by molar-refractivity contribution is 0.232. The number of nitrogens with two attached hydrogens (primary N) is 1. The maximum atomic E-state index is 11.7. The number of ether oxygens (including phenoxy) is 1. The van der Waals surface area contributed by atoms with Gasteiger partial charge in [-0.05, 0) is 48.4 Å². The number of aromatic nitrogens is 2. The van der Waals surface area contributed by atoms with E-state index in [1.807, 2.05) is 48.8 Å². The van der Waals surface area contributed by atoms with Crippen molar-refractivity contribution in [1.29, 1.82) is 0 Å². The van der Waals surface area contributed by atoms with Crippen molar-refractivity contribution in [3.8, 4) is 5.75 Å². The Kier molecular flexibility index (Phi) is 6.57. The van der Waals surface area contributed by atoms with E-state index in [-0.39, 0.29) is 5.56 Å². The molecule has 2 aromatic heterocycles. The zero-order valence-electron chi connectivity index (χ0n) is 15.7. The first-order valence-corrected chi connectivity index (χ1v) is 9.21. The van der Waals surface area contributed by atoms with Crippen molar-refractivity contribution in [1.82, 2.24) is 14.5 Å². The highest BCUT2D eigenvalue weighted by molar-refractivity contribution is 5.80. The zero-order chi connectivity index (χ0) is 19.1. The molecule has 3 rings (SSSR count). The minimum Gasteiger partial charge on any atom is -0.494 e. The monoisotopic (exact) mass is 366 g/mol. The summed E-state index contributed by atoms with van der Waals surface area (Å²) in [4.78, 5) is 18.1. The molecule has 6 heteroatoms. The molecule has 142 valence electrons. The fourth-order valence-corrected chi connectivity index (χ4v) is 3.13. The van der Waals surface area contributed by atoms with Crippen LogP contribution in [0.4, 0.5) is 0 Å². The molecule has 0 amide bonds. The molecule has 1 aromatic carbocycles. The molecular formula is C21H26N4O2. The molecule has 2 heterocycles. The average molecular weight is 366 g/mol. The minimum atomic E-state index is -0.00893. The Labute approximate surface area is 159 Å². The second kappa shape index (κ2) is 9.30. The van der Waals surface area contributed by atoms with Crippen LogP contribution in [0, 0.1) is 0 Å². The van der Waals surface area contributed by atoms with Crippen molar-refractivity contribution < 1.29 is 4.74 Å². The second-order valence-corrected chi connectivity index (χ2v) is 6.57. The van der Waals surface area contributed by atoms with Gasteiger partial charge in [-0.15, -0.1) is 0 Å². The highest BCUT2D eigenvalue weighted by atomic mass is 16.5. The van der Waals surface area contributed by atoms with Gasteiger partial charge in [-0.3, -0.25) is 14.7 Å². The normalized spacial score (nSPS) is 11.2. The molecule has 0 saturated carbocycles. The molecule has 0 aliphatic carbocycles. The van der Waals surface area contributed by atoms with Crippen LogP contribution >= 0.6 is 0 Å². The van der Waals surface area contributed by atoms with E-state index >= 15 is 0 Å². The predicted molar refractivity (Wildman–Crippen MR) is 108 cm³/mol. The number of fused-ring (bicyclic) bond motifs is 1. The van der Waals surface area contributed by atoms with Crippen LogP contribution in [0.2, 0.25) is 0 Å². The predicted octanol–water partition coefficient (Wildman–Crippen LogP) is 2.16. The molecule has 0 atom stereocenters. The molecule has 3 aromatic rings. The van der Waals surface area contributed by atoms with Crippen LogP contribution in [-0.2, 0) is 13.6 Å². The maximum Gasteiger partial charge on any atom is 0.250 e. The van der Waals surface area contributed by atoms with E-state index in [9.17, 15) is 4.79 Å². The molecule has 27 heavy (non-hydrogen) atoms. The number of hydrogen-bond acceptors (Lipinski definition) is 5. The summed E-state index contributed by atoms with van der Waals surface area (Å²) < 4.78 is 7.55. The Morgan fingerprint density at radius 2 is 1.93 bits per heavy atom. The van der Waals surface area contributed by atoms with Gasteiger partial charge < -0.3 is 15.0 Å². The second-order valence-electron chi connectivity index (χ2n) is 6.57. The van der Waals surface area contributed by atoms with Gasteiger partial charge in [0.2, 0.25) is 0 Å². The lowest BCUT2D eigenvalue weighted by Gasteiger charge is -2.21. The lowest BCUT2D eigenvalue weighted by atomic mass is 10.2. The van der Waals surface area contributed by atoms with Gasteiger partial charge in [0.05, 0.1) is 12.1 Å². The van der Waals surface area contributed by atoms with E-state index in [1.54, 1.807) is 17.7 Å². The Morgan fingerprint density at radius 3 is 2.70 bits per heavy atom. The Morgan fingerprint density at radius 1 is 1.11 bits per heavy atom. The summed E-state index contributed by atoms with van der Waals surface area (Å²) in [6.45, 7) is 3.90. The maximum absolute atomic E-state index is 11.7. The third-order valence-electron chi connectivity index (χ3n) is 4.58. The van der Waals surface area contributed by atoms with Gasteiger partial charge in [0.25, 0.3) is 5.56 Å². The third-order valence-corrected chi connectivity index (χ3v) is 4.58. The van der Waals surface area contributed by atoms with Gasteiger partial charge >= 0.3 is 0 Å². The average Bonchev–Trinajstić information content (AvgIpc) is 2.69. The van der Waals surface area contributed by atoms with Crippen molar-refractivity contribution in [2.45, 2.75) is 13.0 Å². The minimum absolute atomic E-state index is 0.00893. The largest absolute Gasteiger partial charge is 0.494 e. The van der Waals surface area contributed by atoms with Gasteiger partial charge in [-0.25, -0.2) is 0 Å². The fraction of sp³-hybridized carbons (Fsp3) is 0.333. The molecular weight excluding hydrogens is 340 g/mol. The summed E-state index contributed by atoms with van der Waals surface area (Å²) in [5, 5.41) is 0.997. The first-order valence-electron chi connectivity index (χ1n) is 9.21. The quantitative estimate of drug-likeness (QED) is 0.588. The Bertz CT molecular complexity index is 924. The highest BCUT2D eigenvalue weighted by Crippen LogP contribution is 2.19. The highest BCUT2D eigenvalue weighted by Gasteiger charge is 2.06. The first-order chi connectivity index (χ1) is 13.2. The zero-order valence-corrected chi connectivity index (χ0v) is 15.7. The molecule has 0 spiro atoms. The number of hydrogen-bond donors (Lipinski definition) is 1. The van der Waals surface area contributed by atoms with E-state index < -0.39 is 0 Å². The van der Waals surface area contributed by atoms with Crippen molar-refractivity contribution in [3.05, 3.63) is 70.8 Å². The van der Waals surface area contributed by atoms with Crippen LogP contribution in [0.1, 0.15) is 12.0 Å². The Hall–Kier alpha value is -2.70. The summed E-state index contributed by atoms with van der Waals surface area (Å²) in [7, 11) is 1.78. The van der Waals surface area contributed by atoms with Crippen molar-refractivity contribution in [3.63, 3.8) is 0 Å². The van der Waals surface area contributed by atoms with Crippen LogP contribution in [0.5, 0.6) is 5.75 Å². The van der Waals surface area contributed by atoms with E-state index in [1.165, 1.54) is 5.56 Å². The number of benzene rings is 1. The SMILES string of the molecule is Cn1c(=O)ccc2cc(OCCCN(CCN)Cc3ccncc3)ccc21. The smallest absolute Gasteiger partial charge is 0.250 e. The van der Waals surface area contributed by atoms with Crippen molar-refractivity contribution in [2.24, 2.45) is 12.8 Å². The first kappa shape index (κ1) is 19.1. The number of pyridine rings is 2. The molecule has 0 unspecified atom stereocenters. The standard InChI is InChI=1S/C21H26N4O2/c1-24-20-5-4-19(15-18(20)3-6-21(24)26)27-14-2-12-25(13-9-22)16-17-7-10-23-11-8-17/h3-8,10-11,15H,2,9,12-14,16,22H2,1H3. The van der Waals surface area contributed by atoms with Gasteiger partial charge in [-0.2, -0.15) is 0 Å². The number of nitrogens with zero attached hydrogens (tertiary/aromatic N) is 3. The van der Waals surface area contributed by atoms with Crippen LogP contribution in [-0.4, -0.2) is 40.7 Å². The number of aryl methyl sites for hydroxylation is 1. The van der Waals surface area contributed by atoms with Crippen LogP contribution < -0.4 is 16.0 Å². The summed E-state index contributed by atoms with van der Waals surface area (Å²) in [5.74, 6) is 0.820. The van der Waals surface area contributed by atoms with E-state index in [0.29, 0.717) is 13.2 Å². The van der Waals surface area contributed by atoms with Crippen LogP contribution in [0.3, 0.4) is 0 Å². The molecule has 0 saturated heterocycles. The van der Waals surface area contributed by atoms with Gasteiger partial charge in [-0.1, -0.05) is 0 Å². The number of rotatable bonds is 9. The molecule has 2 N–H and O–H groups in total. The van der Waals surface area contributed by atoms with Gasteiger partial charge in [0.15, 0.2) is 0 Å². The Balaban J connectivity index is 1.53. The molecule has 0 bridgehead atoms. The van der Waals surface area contributed by atoms with Crippen molar-refractivity contribution >= 4 is 10.9 Å². The summed E-state index contributed by atoms with van der Waals surface area (Å²) >= 11 is 0. The molecule has 6 nitrogen and oxygen atoms in total. The van der Waals surface area contributed by atoms with Gasteiger partial charge in [0.1, 0.15) is 5.75 Å². The van der Waals surface area contributed by atoms with E-state index in [2.05, 4.69) is 9.88 Å². The molecule has 0 radical (unpaired) electrons. The van der Waals surface area contributed by atoms with Crippen LogP contribution in [0.25, 0.3) is 10.9 Å². The molecule has 0 fully saturated rings. The molecule has 0 aliphatic heterocycles. The third kappa shape index (κ3) is 5.15. The summed E-state index contributed by atoms with van der Waals surface area (Å²) in [6, 6.07) is 13.3. The lowest BCUT2D eigenvalue weighted by Crippen LogP contribution is -2.30. The topological polar surface area (TPSA) is 73.4 Å². The summed E-state index contributed by atoms with van der Waals surface area (Å²) in [6.07, 6.45) is 4.54. The van der Waals surface area contributed by atoms with E-state index in [4.69, 9.17) is 10.5 Å². The van der Waals surface area contributed by atoms with Gasteiger partial charge in [0, 0.05) is 57.1 Å². The molecule has 0 aliphatic rings. The van der Waals surface area contributed by atoms with Crippen molar-refractivity contribution in [2.75, 3.05) is 26.2 Å². The van der Waals surface area contributed by atoms with E-state index in [0.717, 1.165) is 42.7 Å². The fourth-order valence-electron chi connectivity index (χ4n) is 3.13. The van der Waals surface area contributed by atoms with Crippen LogP contribution in [0.15, 0.2) is 59.7 Å². The summed E-state index contributed by atoms with van der Waals surface area (Å²) in [5.41, 5.74) is 7.88.